The molecule has 8 nitrogen and oxygen atoms in total. The number of methoxy groups -OCH3 is 2. The summed E-state index contributed by atoms with van der Waals surface area (Å²) in [7, 11) is 2.56. The Hall–Kier alpha value is -3.03. The molecule has 1 aromatic heterocycles. The minimum atomic E-state index is -0.847. The molecule has 1 aromatic carbocycles. The first-order valence-electron chi connectivity index (χ1n) is 7.31. The van der Waals surface area contributed by atoms with Crippen LogP contribution in [0, 0.1) is 0 Å². The number of aromatic nitrogens is 1. The zero-order valence-corrected chi connectivity index (χ0v) is 13.5. The summed E-state index contributed by atoms with van der Waals surface area (Å²) < 4.78 is 14.3. The van der Waals surface area contributed by atoms with Crippen molar-refractivity contribution in [3.63, 3.8) is 0 Å². The number of H-pyrrole nitrogens is 1. The van der Waals surface area contributed by atoms with E-state index in [4.69, 9.17) is 10.5 Å². The maximum atomic E-state index is 11.5. The van der Waals surface area contributed by atoms with Crippen LogP contribution in [0.2, 0.25) is 0 Å². The molecule has 0 radical (unpaired) electrons. The largest absolute Gasteiger partial charge is 0.513 e. The Kier molecular flexibility index (Phi) is 5.78. The zero-order valence-electron chi connectivity index (χ0n) is 13.5. The van der Waals surface area contributed by atoms with Crippen molar-refractivity contribution in [2.45, 2.75) is 19.3 Å². The number of nitrogens with one attached hydrogen (secondary N) is 1. The molecule has 0 saturated carbocycles. The summed E-state index contributed by atoms with van der Waals surface area (Å²) >= 11 is 0. The molecule has 8 heteroatoms. The van der Waals surface area contributed by atoms with Gasteiger partial charge >= 0.3 is 12.1 Å². The van der Waals surface area contributed by atoms with Crippen molar-refractivity contribution in [3.05, 3.63) is 24.3 Å². The SMILES string of the molecule is COC(=O)CCCC(N)=Nc1[nH]c2ccccc2c1OC(=O)OC. The van der Waals surface area contributed by atoms with Gasteiger partial charge in [0.05, 0.1) is 19.7 Å². The Morgan fingerprint density at radius 2 is 1.92 bits per heavy atom. The number of esters is 1. The average Bonchev–Trinajstić information content (AvgIpc) is 2.91. The lowest BCUT2D eigenvalue weighted by molar-refractivity contribution is -0.140. The van der Waals surface area contributed by atoms with E-state index in [2.05, 4.69) is 19.5 Å². The quantitative estimate of drug-likeness (QED) is 0.477. The van der Waals surface area contributed by atoms with Gasteiger partial charge in [-0.05, 0) is 18.6 Å². The third kappa shape index (κ3) is 4.25. The van der Waals surface area contributed by atoms with E-state index in [0.717, 1.165) is 5.52 Å². The predicted molar refractivity (Wildman–Crippen MR) is 88.5 cm³/mol. The number of rotatable bonds is 6. The number of aliphatic imine (C=N–C) groups is 1. The lowest BCUT2D eigenvalue weighted by Crippen LogP contribution is -2.12. The minimum absolute atomic E-state index is 0.244. The van der Waals surface area contributed by atoms with E-state index in [1.807, 2.05) is 18.2 Å². The number of para-hydroxylation sites is 1. The molecule has 0 unspecified atom stereocenters. The Bertz CT molecular complexity index is 766. The number of aromatic amines is 1. The molecule has 0 aliphatic carbocycles. The van der Waals surface area contributed by atoms with Crippen molar-refractivity contribution >= 4 is 34.7 Å². The van der Waals surface area contributed by atoms with Crippen LogP contribution in [0.3, 0.4) is 0 Å². The van der Waals surface area contributed by atoms with Gasteiger partial charge in [-0.25, -0.2) is 9.79 Å². The van der Waals surface area contributed by atoms with Gasteiger partial charge in [-0.2, -0.15) is 0 Å². The van der Waals surface area contributed by atoms with Crippen molar-refractivity contribution in [2.75, 3.05) is 14.2 Å². The summed E-state index contributed by atoms with van der Waals surface area (Å²) in [5.74, 6) is 0.564. The first-order chi connectivity index (χ1) is 11.5. The number of benzene rings is 1. The Morgan fingerprint density at radius 1 is 1.17 bits per heavy atom. The smallest absolute Gasteiger partial charge is 0.469 e. The molecular weight excluding hydrogens is 314 g/mol. The fraction of sp³-hybridized carbons (Fsp3) is 0.312. The van der Waals surface area contributed by atoms with E-state index in [1.54, 1.807) is 6.07 Å². The Labute approximate surface area is 138 Å². The molecule has 2 aromatic rings. The number of amidine groups is 1. The number of carbonyl (C=O) groups is 2. The van der Waals surface area contributed by atoms with Gasteiger partial charge in [-0.1, -0.05) is 12.1 Å². The van der Waals surface area contributed by atoms with Crippen molar-refractivity contribution in [1.82, 2.24) is 4.98 Å². The van der Waals surface area contributed by atoms with Crippen molar-refractivity contribution in [2.24, 2.45) is 10.7 Å². The van der Waals surface area contributed by atoms with E-state index >= 15 is 0 Å². The number of carbonyl (C=O) groups excluding carboxylic acids is 2. The lowest BCUT2D eigenvalue weighted by atomic mass is 10.2. The average molecular weight is 333 g/mol. The summed E-state index contributed by atoms with van der Waals surface area (Å²) in [6.07, 6.45) is 0.322. The van der Waals surface area contributed by atoms with Crippen LogP contribution in [0.5, 0.6) is 5.75 Å². The number of hydrogen-bond acceptors (Lipinski definition) is 6. The maximum Gasteiger partial charge on any atom is 0.513 e. The molecule has 128 valence electrons. The molecular formula is C16H19N3O5. The van der Waals surface area contributed by atoms with Crippen molar-refractivity contribution < 1.29 is 23.8 Å². The molecule has 0 bridgehead atoms. The summed E-state index contributed by atoms with van der Waals surface area (Å²) in [6, 6.07) is 7.27. The highest BCUT2D eigenvalue weighted by molar-refractivity contribution is 5.95. The normalized spacial score (nSPS) is 11.3. The molecule has 0 atom stereocenters. The minimum Gasteiger partial charge on any atom is -0.469 e. The van der Waals surface area contributed by atoms with Gasteiger partial charge in [0.25, 0.3) is 0 Å². The Balaban J connectivity index is 2.23. The molecule has 0 saturated heterocycles. The number of hydrogen-bond donors (Lipinski definition) is 2. The summed E-state index contributed by atoms with van der Waals surface area (Å²) in [5.41, 5.74) is 6.64. The van der Waals surface area contributed by atoms with Crippen LogP contribution >= 0.6 is 0 Å². The van der Waals surface area contributed by atoms with Gasteiger partial charge in [-0.3, -0.25) is 4.79 Å². The fourth-order valence-corrected chi connectivity index (χ4v) is 2.12. The van der Waals surface area contributed by atoms with Crippen LogP contribution in [0.25, 0.3) is 10.9 Å². The molecule has 2 rings (SSSR count). The third-order valence-electron chi connectivity index (χ3n) is 3.29. The Morgan fingerprint density at radius 3 is 2.62 bits per heavy atom. The molecule has 0 amide bonds. The second-order valence-electron chi connectivity index (χ2n) is 4.94. The van der Waals surface area contributed by atoms with Gasteiger partial charge in [0.2, 0.25) is 0 Å². The van der Waals surface area contributed by atoms with Crippen molar-refractivity contribution in [3.8, 4) is 5.75 Å². The van der Waals surface area contributed by atoms with E-state index in [9.17, 15) is 9.59 Å². The van der Waals surface area contributed by atoms with Crippen molar-refractivity contribution in [1.29, 1.82) is 0 Å². The molecule has 1 heterocycles. The van der Waals surface area contributed by atoms with E-state index in [1.165, 1.54) is 14.2 Å². The summed E-state index contributed by atoms with van der Waals surface area (Å²) in [4.78, 5) is 29.9. The first kappa shape index (κ1) is 17.3. The highest BCUT2D eigenvalue weighted by Gasteiger charge is 2.16. The van der Waals surface area contributed by atoms with Crippen LogP contribution in [-0.4, -0.2) is 37.2 Å². The van der Waals surface area contributed by atoms with Gasteiger partial charge < -0.3 is 24.9 Å². The van der Waals surface area contributed by atoms with Crippen LogP contribution in [-0.2, 0) is 14.3 Å². The van der Waals surface area contributed by atoms with E-state index in [0.29, 0.717) is 29.9 Å². The monoisotopic (exact) mass is 333 g/mol. The summed E-state index contributed by atoms with van der Waals surface area (Å²) in [5, 5.41) is 0.684. The lowest BCUT2D eigenvalue weighted by Gasteiger charge is -2.04. The van der Waals surface area contributed by atoms with E-state index in [-0.39, 0.29) is 18.1 Å². The van der Waals surface area contributed by atoms with Gasteiger partial charge in [-0.15, -0.1) is 0 Å². The maximum absolute atomic E-state index is 11.5. The first-order valence-corrected chi connectivity index (χ1v) is 7.31. The summed E-state index contributed by atoms with van der Waals surface area (Å²) in [6.45, 7) is 0. The molecule has 0 aliphatic rings. The zero-order chi connectivity index (χ0) is 17.5. The van der Waals surface area contributed by atoms with Crippen LogP contribution in [0.15, 0.2) is 29.3 Å². The van der Waals surface area contributed by atoms with Crippen LogP contribution < -0.4 is 10.5 Å². The highest BCUT2D eigenvalue weighted by atomic mass is 16.7. The molecule has 0 spiro atoms. The molecule has 0 fully saturated rings. The molecule has 24 heavy (non-hydrogen) atoms. The number of nitrogens with zero attached hydrogens (tertiary/aromatic N) is 1. The van der Waals surface area contributed by atoms with E-state index < -0.39 is 6.16 Å². The number of nitrogens with two attached hydrogens (primary N) is 1. The topological polar surface area (TPSA) is 116 Å². The fourth-order valence-electron chi connectivity index (χ4n) is 2.12. The van der Waals surface area contributed by atoms with Gasteiger partial charge in [0.15, 0.2) is 11.6 Å². The van der Waals surface area contributed by atoms with Gasteiger partial charge in [0.1, 0.15) is 5.84 Å². The second-order valence-corrected chi connectivity index (χ2v) is 4.94. The number of ether oxygens (including phenoxy) is 3. The predicted octanol–water partition coefficient (Wildman–Crippen LogP) is 2.65. The van der Waals surface area contributed by atoms with Gasteiger partial charge in [0, 0.05) is 18.2 Å². The highest BCUT2D eigenvalue weighted by Crippen LogP contribution is 2.36. The standard InChI is InChI=1S/C16H19N3O5/c1-22-13(20)9-5-8-12(17)19-15-14(24-16(21)23-2)10-6-3-4-7-11(10)18-15/h3-4,6-7,18H,5,8-9H2,1-2H3,(H2,17,19). The van der Waals surface area contributed by atoms with Crippen LogP contribution in [0.4, 0.5) is 10.6 Å². The molecule has 3 N–H and O–H groups in total. The molecule has 0 aliphatic heterocycles. The third-order valence-corrected chi connectivity index (χ3v) is 3.29. The van der Waals surface area contributed by atoms with Crippen LogP contribution in [0.1, 0.15) is 19.3 Å². The second kappa shape index (κ2) is 8.00. The number of fused-ring (bicyclic) bond motifs is 1.